The van der Waals surface area contributed by atoms with Gasteiger partial charge < -0.3 is 10.2 Å². The van der Waals surface area contributed by atoms with Gasteiger partial charge in [-0.3, -0.25) is 4.79 Å². The summed E-state index contributed by atoms with van der Waals surface area (Å²) < 4.78 is 40.5. The number of benzene rings is 2. The molecule has 2 N–H and O–H groups in total. The minimum Gasteiger partial charge on any atom is -0.376 e. The molecule has 0 aliphatic heterocycles. The third-order valence-electron chi connectivity index (χ3n) is 3.59. The Bertz CT molecular complexity index is 978. The maximum absolute atomic E-state index is 14.0. The van der Waals surface area contributed by atoms with Gasteiger partial charge in [0.15, 0.2) is 0 Å². The molecule has 0 spiro atoms. The highest BCUT2D eigenvalue weighted by Crippen LogP contribution is 2.28. The number of nitrogens with zero attached hydrogens (tertiary/aromatic N) is 1. The number of anilines is 2. The SMILES string of the molecule is C=CCNS(=O)(=O)c1cc(C(=O)Nc2cc(Cl)ccc2N(C)C)ccc1F. The van der Waals surface area contributed by atoms with E-state index in [-0.39, 0.29) is 12.1 Å². The average Bonchev–Trinajstić information content (AvgIpc) is 2.60. The summed E-state index contributed by atoms with van der Waals surface area (Å²) in [6, 6.07) is 8.11. The van der Waals surface area contributed by atoms with Gasteiger partial charge in [0.1, 0.15) is 10.7 Å². The number of sulfonamides is 1. The summed E-state index contributed by atoms with van der Waals surface area (Å²) in [4.78, 5) is 13.7. The lowest BCUT2D eigenvalue weighted by Gasteiger charge is -2.18. The first-order valence-electron chi connectivity index (χ1n) is 7.84. The van der Waals surface area contributed by atoms with Crippen LogP contribution >= 0.6 is 11.6 Å². The lowest BCUT2D eigenvalue weighted by atomic mass is 10.2. The zero-order valence-electron chi connectivity index (χ0n) is 14.8. The topological polar surface area (TPSA) is 78.5 Å². The minimum absolute atomic E-state index is 0.0138. The molecule has 1 amide bonds. The number of carbonyl (C=O) groups is 1. The van der Waals surface area contributed by atoms with Crippen LogP contribution in [0, 0.1) is 5.82 Å². The molecule has 0 fully saturated rings. The van der Waals surface area contributed by atoms with Gasteiger partial charge in [-0.05, 0) is 36.4 Å². The third kappa shape index (κ3) is 5.06. The summed E-state index contributed by atoms with van der Waals surface area (Å²) in [6.07, 6.45) is 1.33. The van der Waals surface area contributed by atoms with Gasteiger partial charge in [-0.25, -0.2) is 17.5 Å². The van der Waals surface area contributed by atoms with Gasteiger partial charge in [-0.2, -0.15) is 0 Å². The van der Waals surface area contributed by atoms with Crippen LogP contribution < -0.4 is 14.9 Å². The average molecular weight is 412 g/mol. The van der Waals surface area contributed by atoms with Crippen molar-refractivity contribution >= 4 is 38.9 Å². The van der Waals surface area contributed by atoms with Crippen molar-refractivity contribution in [2.24, 2.45) is 0 Å². The van der Waals surface area contributed by atoms with Crippen molar-refractivity contribution in [1.82, 2.24) is 4.72 Å². The Kier molecular flexibility index (Phi) is 6.59. The summed E-state index contributed by atoms with van der Waals surface area (Å²) in [6.45, 7) is 3.34. The Morgan fingerprint density at radius 1 is 1.26 bits per heavy atom. The molecule has 0 atom stereocenters. The highest BCUT2D eigenvalue weighted by atomic mass is 35.5. The largest absolute Gasteiger partial charge is 0.376 e. The van der Waals surface area contributed by atoms with E-state index in [1.54, 1.807) is 37.2 Å². The number of rotatable bonds is 7. The normalized spacial score (nSPS) is 11.1. The van der Waals surface area contributed by atoms with Crippen molar-refractivity contribution in [2.45, 2.75) is 4.90 Å². The third-order valence-corrected chi connectivity index (χ3v) is 5.26. The van der Waals surface area contributed by atoms with Crippen molar-refractivity contribution in [3.63, 3.8) is 0 Å². The van der Waals surface area contributed by atoms with Crippen LogP contribution in [-0.2, 0) is 10.0 Å². The van der Waals surface area contributed by atoms with Crippen LogP contribution in [0.5, 0.6) is 0 Å². The number of halogens is 2. The van der Waals surface area contributed by atoms with E-state index in [4.69, 9.17) is 11.6 Å². The number of hydrogen-bond donors (Lipinski definition) is 2. The zero-order chi connectivity index (χ0) is 20.2. The molecule has 0 aromatic heterocycles. The Hall–Kier alpha value is -2.42. The maximum Gasteiger partial charge on any atom is 0.255 e. The standard InChI is InChI=1S/C18H19ClFN3O3S/c1-4-9-21-27(25,26)17-10-12(5-7-14(17)20)18(24)22-15-11-13(19)6-8-16(15)23(2)3/h4-8,10-11,21H,1,9H2,2-3H3,(H,22,24). The second-order valence-corrected chi connectivity index (χ2v) is 7.97. The first kappa shape index (κ1) is 20.9. The first-order valence-corrected chi connectivity index (χ1v) is 9.70. The molecule has 0 saturated carbocycles. The Morgan fingerprint density at radius 3 is 2.59 bits per heavy atom. The quantitative estimate of drug-likeness (QED) is 0.685. The molecule has 6 nitrogen and oxygen atoms in total. The molecule has 0 heterocycles. The van der Waals surface area contributed by atoms with Crippen LogP contribution in [0.15, 0.2) is 53.9 Å². The van der Waals surface area contributed by atoms with Crippen LogP contribution in [0.4, 0.5) is 15.8 Å². The molecule has 0 unspecified atom stereocenters. The van der Waals surface area contributed by atoms with Gasteiger partial charge in [0.25, 0.3) is 5.91 Å². The molecule has 2 aromatic carbocycles. The fraction of sp³-hybridized carbons (Fsp3) is 0.167. The van der Waals surface area contributed by atoms with Gasteiger partial charge in [0, 0.05) is 31.2 Å². The Balaban J connectivity index is 2.37. The predicted molar refractivity (Wildman–Crippen MR) is 106 cm³/mol. The summed E-state index contributed by atoms with van der Waals surface area (Å²) in [5.74, 6) is -1.56. The van der Waals surface area contributed by atoms with E-state index in [0.29, 0.717) is 16.4 Å². The van der Waals surface area contributed by atoms with Crippen molar-refractivity contribution in [3.8, 4) is 0 Å². The van der Waals surface area contributed by atoms with Crippen LogP contribution in [0.3, 0.4) is 0 Å². The van der Waals surface area contributed by atoms with E-state index >= 15 is 0 Å². The van der Waals surface area contributed by atoms with Gasteiger partial charge in [-0.1, -0.05) is 17.7 Å². The highest BCUT2D eigenvalue weighted by molar-refractivity contribution is 7.89. The van der Waals surface area contributed by atoms with Crippen LogP contribution in [0.2, 0.25) is 5.02 Å². The molecule has 27 heavy (non-hydrogen) atoms. The van der Waals surface area contributed by atoms with Gasteiger partial charge >= 0.3 is 0 Å². The van der Waals surface area contributed by atoms with Crippen molar-refractivity contribution in [3.05, 3.63) is 65.5 Å². The van der Waals surface area contributed by atoms with E-state index in [0.717, 1.165) is 12.1 Å². The summed E-state index contributed by atoms with van der Waals surface area (Å²) in [5, 5.41) is 3.09. The van der Waals surface area contributed by atoms with E-state index < -0.39 is 26.6 Å². The molecular weight excluding hydrogens is 393 g/mol. The molecule has 0 aliphatic carbocycles. The fourth-order valence-electron chi connectivity index (χ4n) is 2.29. The molecule has 2 rings (SSSR count). The predicted octanol–water partition coefficient (Wildman–Crippen LogP) is 3.26. The van der Waals surface area contributed by atoms with E-state index in [1.807, 2.05) is 0 Å². The second kappa shape index (κ2) is 8.51. The number of carbonyl (C=O) groups excluding carboxylic acids is 1. The van der Waals surface area contributed by atoms with E-state index in [1.165, 1.54) is 12.1 Å². The fourth-order valence-corrected chi connectivity index (χ4v) is 3.56. The van der Waals surface area contributed by atoms with Crippen LogP contribution in [-0.4, -0.2) is 35.0 Å². The maximum atomic E-state index is 14.0. The summed E-state index contributed by atoms with van der Waals surface area (Å²) >= 11 is 5.99. The van der Waals surface area contributed by atoms with Crippen LogP contribution in [0.1, 0.15) is 10.4 Å². The van der Waals surface area contributed by atoms with Crippen molar-refractivity contribution < 1.29 is 17.6 Å². The Morgan fingerprint density at radius 2 is 1.96 bits per heavy atom. The molecule has 0 radical (unpaired) electrons. The van der Waals surface area contributed by atoms with Crippen molar-refractivity contribution in [1.29, 1.82) is 0 Å². The van der Waals surface area contributed by atoms with Gasteiger partial charge in [-0.15, -0.1) is 6.58 Å². The molecule has 2 aromatic rings. The molecule has 144 valence electrons. The monoisotopic (exact) mass is 411 g/mol. The number of nitrogens with one attached hydrogen (secondary N) is 2. The minimum atomic E-state index is -4.12. The Labute approximate surface area is 162 Å². The van der Waals surface area contributed by atoms with E-state index in [2.05, 4.69) is 16.6 Å². The number of amides is 1. The molecule has 9 heteroatoms. The van der Waals surface area contributed by atoms with Crippen molar-refractivity contribution in [2.75, 3.05) is 30.9 Å². The lowest BCUT2D eigenvalue weighted by Crippen LogP contribution is -2.25. The lowest BCUT2D eigenvalue weighted by molar-refractivity contribution is 0.102. The first-order chi connectivity index (χ1) is 12.7. The number of hydrogen-bond acceptors (Lipinski definition) is 4. The van der Waals surface area contributed by atoms with E-state index in [9.17, 15) is 17.6 Å². The molecular formula is C18H19ClFN3O3S. The summed E-state index contributed by atoms with van der Waals surface area (Å²) in [7, 11) is -0.519. The molecule has 0 aliphatic rings. The van der Waals surface area contributed by atoms with Gasteiger partial charge in [0.2, 0.25) is 10.0 Å². The second-order valence-electron chi connectivity index (χ2n) is 5.80. The highest BCUT2D eigenvalue weighted by Gasteiger charge is 2.21. The molecule has 0 bridgehead atoms. The zero-order valence-corrected chi connectivity index (χ0v) is 16.4. The summed E-state index contributed by atoms with van der Waals surface area (Å²) in [5.41, 5.74) is 1.13. The van der Waals surface area contributed by atoms with Gasteiger partial charge in [0.05, 0.1) is 11.4 Å². The smallest absolute Gasteiger partial charge is 0.255 e. The van der Waals surface area contributed by atoms with Crippen LogP contribution in [0.25, 0.3) is 0 Å². The molecule has 0 saturated heterocycles.